The molecule has 6 heteroatoms. The van der Waals surface area contributed by atoms with Gasteiger partial charge in [-0.25, -0.2) is 9.18 Å². The van der Waals surface area contributed by atoms with E-state index in [-0.39, 0.29) is 18.0 Å². The van der Waals surface area contributed by atoms with E-state index in [1.807, 2.05) is 0 Å². The molecule has 2 aliphatic rings. The number of hydrogen-bond donors (Lipinski definition) is 2. The van der Waals surface area contributed by atoms with Gasteiger partial charge in [0.2, 0.25) is 5.91 Å². The maximum atomic E-state index is 13.2. The molecule has 0 spiro atoms. The predicted molar refractivity (Wildman–Crippen MR) is 90.2 cm³/mol. The van der Waals surface area contributed by atoms with Gasteiger partial charge in [0.1, 0.15) is 11.9 Å². The number of anilines is 1. The summed E-state index contributed by atoms with van der Waals surface area (Å²) in [5.74, 6) is -0.650. The molecule has 1 aliphatic heterocycles. The van der Waals surface area contributed by atoms with Crippen LogP contribution in [0.5, 0.6) is 0 Å². The van der Waals surface area contributed by atoms with Crippen LogP contribution in [0.1, 0.15) is 44.9 Å². The standard InChI is InChI=1S/C18H24FN3O2/c19-13-6-4-9-15(12-13)20-17(23)16-10-5-11-22(16)18(24)21-14-7-2-1-3-8-14/h4,6,9,12,14,16H,1-3,5,7-8,10-11H2,(H,20,23)(H,21,24)/t16-/m1/s1. The molecular weight excluding hydrogens is 309 g/mol. The summed E-state index contributed by atoms with van der Waals surface area (Å²) in [7, 11) is 0. The first-order valence-corrected chi connectivity index (χ1v) is 8.77. The Kier molecular flexibility index (Phi) is 5.33. The first kappa shape index (κ1) is 16.7. The van der Waals surface area contributed by atoms with Crippen LogP contribution in [-0.4, -0.2) is 35.5 Å². The number of benzene rings is 1. The Morgan fingerprint density at radius 2 is 1.88 bits per heavy atom. The van der Waals surface area contributed by atoms with Crippen LogP contribution in [-0.2, 0) is 4.79 Å². The van der Waals surface area contributed by atoms with Gasteiger partial charge in [-0.1, -0.05) is 25.3 Å². The lowest BCUT2D eigenvalue weighted by molar-refractivity contribution is -0.119. The molecule has 1 heterocycles. The SMILES string of the molecule is O=C(Nc1cccc(F)c1)[C@H]1CCCN1C(=O)NC1CCCCC1. The van der Waals surface area contributed by atoms with Crippen molar-refractivity contribution in [2.24, 2.45) is 0 Å². The number of amides is 3. The summed E-state index contributed by atoms with van der Waals surface area (Å²) in [5, 5.41) is 5.78. The summed E-state index contributed by atoms with van der Waals surface area (Å²) >= 11 is 0. The largest absolute Gasteiger partial charge is 0.335 e. The number of halogens is 1. The molecule has 0 aromatic heterocycles. The summed E-state index contributed by atoms with van der Waals surface area (Å²) in [5.41, 5.74) is 0.416. The van der Waals surface area contributed by atoms with Gasteiger partial charge in [-0.15, -0.1) is 0 Å². The van der Waals surface area contributed by atoms with Crippen molar-refractivity contribution in [3.8, 4) is 0 Å². The Morgan fingerprint density at radius 1 is 1.08 bits per heavy atom. The predicted octanol–water partition coefficient (Wildman–Crippen LogP) is 3.27. The molecule has 2 fully saturated rings. The molecule has 1 saturated carbocycles. The van der Waals surface area contributed by atoms with Crippen LogP contribution >= 0.6 is 0 Å². The van der Waals surface area contributed by atoms with Crippen LogP contribution in [0.4, 0.5) is 14.9 Å². The molecule has 1 aliphatic carbocycles. The molecule has 5 nitrogen and oxygen atoms in total. The zero-order valence-corrected chi connectivity index (χ0v) is 13.8. The van der Waals surface area contributed by atoms with E-state index in [1.165, 1.54) is 18.6 Å². The van der Waals surface area contributed by atoms with E-state index < -0.39 is 11.9 Å². The minimum Gasteiger partial charge on any atom is -0.335 e. The molecule has 0 radical (unpaired) electrons. The van der Waals surface area contributed by atoms with Gasteiger partial charge in [-0.2, -0.15) is 0 Å². The van der Waals surface area contributed by atoms with E-state index >= 15 is 0 Å². The number of hydrogen-bond acceptors (Lipinski definition) is 2. The molecule has 0 unspecified atom stereocenters. The molecule has 24 heavy (non-hydrogen) atoms. The molecule has 130 valence electrons. The molecule has 2 N–H and O–H groups in total. The van der Waals surface area contributed by atoms with Crippen LogP contribution < -0.4 is 10.6 Å². The molecule has 1 atom stereocenters. The van der Waals surface area contributed by atoms with Gasteiger partial charge in [0.25, 0.3) is 0 Å². The zero-order valence-electron chi connectivity index (χ0n) is 13.8. The first-order valence-electron chi connectivity index (χ1n) is 8.77. The third-order valence-corrected chi connectivity index (χ3v) is 4.84. The van der Waals surface area contributed by atoms with Crippen LogP contribution in [0, 0.1) is 5.82 Å². The normalized spacial score (nSPS) is 21.5. The topological polar surface area (TPSA) is 61.4 Å². The van der Waals surface area contributed by atoms with Gasteiger partial charge >= 0.3 is 6.03 Å². The lowest BCUT2D eigenvalue weighted by Gasteiger charge is -2.29. The maximum absolute atomic E-state index is 13.2. The summed E-state index contributed by atoms with van der Waals surface area (Å²) in [6.07, 6.45) is 7.00. The van der Waals surface area contributed by atoms with Crippen molar-refractivity contribution in [3.05, 3.63) is 30.1 Å². The fourth-order valence-corrected chi connectivity index (χ4v) is 3.58. The molecule has 3 rings (SSSR count). The Balaban J connectivity index is 1.59. The highest BCUT2D eigenvalue weighted by atomic mass is 19.1. The quantitative estimate of drug-likeness (QED) is 0.892. The minimum atomic E-state index is -0.489. The Labute approximate surface area is 141 Å². The number of carbonyl (C=O) groups is 2. The van der Waals surface area contributed by atoms with E-state index in [4.69, 9.17) is 0 Å². The summed E-state index contributed by atoms with van der Waals surface area (Å²) in [6, 6.07) is 5.37. The minimum absolute atomic E-state index is 0.154. The molecular formula is C18H24FN3O2. The van der Waals surface area contributed by atoms with E-state index in [1.54, 1.807) is 17.0 Å². The van der Waals surface area contributed by atoms with E-state index in [2.05, 4.69) is 10.6 Å². The monoisotopic (exact) mass is 333 g/mol. The van der Waals surface area contributed by atoms with Gasteiger partial charge < -0.3 is 15.5 Å². The van der Waals surface area contributed by atoms with Crippen molar-refractivity contribution in [2.45, 2.75) is 57.0 Å². The molecule has 1 aromatic rings. The molecule has 0 bridgehead atoms. The lowest BCUT2D eigenvalue weighted by atomic mass is 9.96. The van der Waals surface area contributed by atoms with Gasteiger partial charge in [0.15, 0.2) is 0 Å². The maximum Gasteiger partial charge on any atom is 0.318 e. The number of rotatable bonds is 3. The molecule has 1 saturated heterocycles. The van der Waals surface area contributed by atoms with Crippen LogP contribution in [0.3, 0.4) is 0 Å². The van der Waals surface area contributed by atoms with Gasteiger partial charge in [-0.3, -0.25) is 4.79 Å². The van der Waals surface area contributed by atoms with Gasteiger partial charge in [0, 0.05) is 18.3 Å². The second-order valence-corrected chi connectivity index (χ2v) is 6.64. The number of likely N-dealkylation sites (tertiary alicyclic amines) is 1. The highest BCUT2D eigenvalue weighted by molar-refractivity contribution is 5.97. The Morgan fingerprint density at radius 3 is 2.62 bits per heavy atom. The molecule has 1 aromatic carbocycles. The third kappa shape index (κ3) is 4.04. The van der Waals surface area contributed by atoms with Crippen molar-refractivity contribution in [3.63, 3.8) is 0 Å². The van der Waals surface area contributed by atoms with Crippen LogP contribution in [0.25, 0.3) is 0 Å². The van der Waals surface area contributed by atoms with Crippen LogP contribution in [0.2, 0.25) is 0 Å². The Bertz CT molecular complexity index is 602. The highest BCUT2D eigenvalue weighted by Gasteiger charge is 2.35. The van der Waals surface area contributed by atoms with E-state index in [0.29, 0.717) is 18.7 Å². The smallest absolute Gasteiger partial charge is 0.318 e. The zero-order chi connectivity index (χ0) is 16.9. The van der Waals surface area contributed by atoms with Gasteiger partial charge in [-0.05, 0) is 43.9 Å². The number of nitrogens with zero attached hydrogens (tertiary/aromatic N) is 1. The highest BCUT2D eigenvalue weighted by Crippen LogP contribution is 2.22. The van der Waals surface area contributed by atoms with Crippen molar-refractivity contribution in [1.82, 2.24) is 10.2 Å². The fraction of sp³-hybridized carbons (Fsp3) is 0.556. The molecule has 3 amide bonds. The third-order valence-electron chi connectivity index (χ3n) is 4.84. The first-order chi connectivity index (χ1) is 11.6. The van der Waals surface area contributed by atoms with Crippen molar-refractivity contribution >= 4 is 17.6 Å². The average molecular weight is 333 g/mol. The van der Waals surface area contributed by atoms with Crippen molar-refractivity contribution < 1.29 is 14.0 Å². The number of urea groups is 1. The number of nitrogens with one attached hydrogen (secondary N) is 2. The van der Waals surface area contributed by atoms with Crippen molar-refractivity contribution in [1.29, 1.82) is 0 Å². The van der Waals surface area contributed by atoms with E-state index in [9.17, 15) is 14.0 Å². The fourth-order valence-electron chi connectivity index (χ4n) is 3.58. The summed E-state index contributed by atoms with van der Waals surface area (Å²) < 4.78 is 13.2. The summed E-state index contributed by atoms with van der Waals surface area (Å²) in [4.78, 5) is 26.6. The number of carbonyl (C=O) groups excluding carboxylic acids is 2. The average Bonchev–Trinajstić information content (AvgIpc) is 3.06. The van der Waals surface area contributed by atoms with Gasteiger partial charge in [0.05, 0.1) is 0 Å². The van der Waals surface area contributed by atoms with Crippen molar-refractivity contribution in [2.75, 3.05) is 11.9 Å². The second-order valence-electron chi connectivity index (χ2n) is 6.64. The summed E-state index contributed by atoms with van der Waals surface area (Å²) in [6.45, 7) is 0.583. The van der Waals surface area contributed by atoms with Crippen LogP contribution in [0.15, 0.2) is 24.3 Å². The lowest BCUT2D eigenvalue weighted by Crippen LogP contribution is -2.50. The second kappa shape index (κ2) is 7.64. The van der Waals surface area contributed by atoms with E-state index in [0.717, 1.165) is 32.1 Å². The Hall–Kier alpha value is -2.11.